The lowest BCUT2D eigenvalue weighted by atomic mass is 9.95. The number of hydrogen-bond acceptors (Lipinski definition) is 4. The van der Waals surface area contributed by atoms with Crippen LogP contribution in [0.3, 0.4) is 0 Å². The number of nitrogens with one attached hydrogen (secondary N) is 1. The molecule has 1 unspecified atom stereocenters. The fourth-order valence-corrected chi connectivity index (χ4v) is 3.88. The molecule has 0 aliphatic carbocycles. The van der Waals surface area contributed by atoms with E-state index in [1.54, 1.807) is 17.7 Å². The molecule has 3 aromatic rings. The van der Waals surface area contributed by atoms with E-state index in [0.717, 1.165) is 24.0 Å². The van der Waals surface area contributed by atoms with Crippen LogP contribution in [-0.2, 0) is 13.0 Å². The van der Waals surface area contributed by atoms with Gasteiger partial charge in [0, 0.05) is 18.0 Å². The lowest BCUT2D eigenvalue weighted by molar-refractivity contribution is 0.0946. The van der Waals surface area contributed by atoms with Crippen LogP contribution in [0.15, 0.2) is 47.3 Å². The van der Waals surface area contributed by atoms with Crippen LogP contribution in [0, 0.1) is 0 Å². The largest absolute Gasteiger partial charge is 0.506 e. The summed E-state index contributed by atoms with van der Waals surface area (Å²) in [7, 11) is 1.56. The van der Waals surface area contributed by atoms with Gasteiger partial charge in [-0.05, 0) is 43.0 Å². The number of benzene rings is 2. The molecule has 0 bridgehead atoms. The Hall–Kier alpha value is -3.28. The van der Waals surface area contributed by atoms with E-state index in [1.807, 2.05) is 43.3 Å². The zero-order valence-corrected chi connectivity index (χ0v) is 15.9. The fraction of sp³-hybridized carbons (Fsp3) is 0.273. The summed E-state index contributed by atoms with van der Waals surface area (Å²) < 4.78 is 6.98. The third-order valence-electron chi connectivity index (χ3n) is 5.36. The number of aromatic nitrogens is 1. The van der Waals surface area contributed by atoms with E-state index < -0.39 is 11.5 Å². The Morgan fingerprint density at radius 1 is 1.29 bits per heavy atom. The van der Waals surface area contributed by atoms with Crippen molar-refractivity contribution in [2.45, 2.75) is 32.4 Å². The SMILES string of the molecule is COc1cc2c3c(c1)c(O)c(C(=O)NCc1ccccc1)c(=O)n3C(C)CC2. The van der Waals surface area contributed by atoms with E-state index in [-0.39, 0.29) is 23.9 Å². The lowest BCUT2D eigenvalue weighted by Crippen LogP contribution is -2.35. The topological polar surface area (TPSA) is 80.6 Å². The summed E-state index contributed by atoms with van der Waals surface area (Å²) >= 11 is 0. The van der Waals surface area contributed by atoms with Gasteiger partial charge >= 0.3 is 0 Å². The second-order valence-electron chi connectivity index (χ2n) is 7.14. The first-order valence-corrected chi connectivity index (χ1v) is 9.31. The number of carbonyl (C=O) groups excluding carboxylic acids is 1. The van der Waals surface area contributed by atoms with E-state index in [2.05, 4.69) is 5.32 Å². The van der Waals surface area contributed by atoms with Gasteiger partial charge in [0.1, 0.15) is 17.1 Å². The van der Waals surface area contributed by atoms with Gasteiger partial charge in [0.2, 0.25) is 0 Å². The van der Waals surface area contributed by atoms with Crippen molar-refractivity contribution in [1.29, 1.82) is 0 Å². The summed E-state index contributed by atoms with van der Waals surface area (Å²) in [5.41, 5.74) is 1.85. The van der Waals surface area contributed by atoms with E-state index >= 15 is 0 Å². The predicted octanol–water partition coefficient (Wildman–Crippen LogP) is 3.15. The molecule has 1 atom stereocenters. The maximum Gasteiger partial charge on any atom is 0.267 e. The molecule has 2 N–H and O–H groups in total. The number of pyridine rings is 1. The monoisotopic (exact) mass is 378 g/mol. The molecule has 0 spiro atoms. The van der Waals surface area contributed by atoms with Crippen molar-refractivity contribution in [2.75, 3.05) is 7.11 Å². The summed E-state index contributed by atoms with van der Waals surface area (Å²) in [5, 5.41) is 14.1. The van der Waals surface area contributed by atoms with Crippen LogP contribution in [0.5, 0.6) is 11.5 Å². The Labute approximate surface area is 162 Å². The van der Waals surface area contributed by atoms with Gasteiger partial charge in [0.05, 0.1) is 12.6 Å². The van der Waals surface area contributed by atoms with Crippen molar-refractivity contribution < 1.29 is 14.6 Å². The third-order valence-corrected chi connectivity index (χ3v) is 5.36. The highest BCUT2D eigenvalue weighted by Crippen LogP contribution is 2.37. The van der Waals surface area contributed by atoms with Gasteiger partial charge in [-0.2, -0.15) is 0 Å². The molecule has 2 aromatic carbocycles. The van der Waals surface area contributed by atoms with E-state index in [0.29, 0.717) is 16.7 Å². The molecular formula is C22H22N2O4. The van der Waals surface area contributed by atoms with Crippen molar-refractivity contribution in [3.05, 3.63) is 69.5 Å². The Kier molecular flexibility index (Phi) is 4.55. The van der Waals surface area contributed by atoms with Crippen molar-refractivity contribution >= 4 is 16.8 Å². The number of amides is 1. The average Bonchev–Trinajstić information content (AvgIpc) is 2.71. The quantitative estimate of drug-likeness (QED) is 0.731. The van der Waals surface area contributed by atoms with Gasteiger partial charge in [-0.25, -0.2) is 0 Å². The van der Waals surface area contributed by atoms with Gasteiger partial charge in [-0.15, -0.1) is 0 Å². The molecule has 28 heavy (non-hydrogen) atoms. The average molecular weight is 378 g/mol. The minimum absolute atomic E-state index is 0.0582. The third kappa shape index (κ3) is 2.91. The van der Waals surface area contributed by atoms with E-state index in [9.17, 15) is 14.7 Å². The summed E-state index contributed by atoms with van der Waals surface area (Å²) in [5.74, 6) is -0.289. The molecular weight excluding hydrogens is 356 g/mol. The Morgan fingerprint density at radius 3 is 2.75 bits per heavy atom. The molecule has 144 valence electrons. The summed E-state index contributed by atoms with van der Waals surface area (Å²) in [6, 6.07) is 12.9. The molecule has 0 fully saturated rings. The fourth-order valence-electron chi connectivity index (χ4n) is 3.88. The smallest absolute Gasteiger partial charge is 0.267 e. The number of aryl methyl sites for hydroxylation is 1. The lowest BCUT2D eigenvalue weighted by Gasteiger charge is -2.27. The number of methoxy groups -OCH3 is 1. The van der Waals surface area contributed by atoms with Gasteiger partial charge in [-0.1, -0.05) is 30.3 Å². The van der Waals surface area contributed by atoms with Crippen LogP contribution in [0.4, 0.5) is 0 Å². The summed E-state index contributed by atoms with van der Waals surface area (Å²) in [6.45, 7) is 2.23. The van der Waals surface area contributed by atoms with Crippen LogP contribution in [0.2, 0.25) is 0 Å². The molecule has 4 rings (SSSR count). The molecule has 0 saturated carbocycles. The minimum Gasteiger partial charge on any atom is -0.506 e. The summed E-state index contributed by atoms with van der Waals surface area (Å²) in [4.78, 5) is 26.0. The van der Waals surface area contributed by atoms with Gasteiger partial charge in [0.15, 0.2) is 0 Å². The van der Waals surface area contributed by atoms with Crippen molar-refractivity contribution in [1.82, 2.24) is 9.88 Å². The predicted molar refractivity (Wildman–Crippen MR) is 107 cm³/mol. The Morgan fingerprint density at radius 2 is 2.04 bits per heavy atom. The van der Waals surface area contributed by atoms with E-state index in [4.69, 9.17) is 4.74 Å². The highest BCUT2D eigenvalue weighted by Gasteiger charge is 2.28. The van der Waals surface area contributed by atoms with Crippen molar-refractivity contribution in [3.8, 4) is 11.5 Å². The second-order valence-corrected chi connectivity index (χ2v) is 7.14. The molecule has 0 saturated heterocycles. The first-order valence-electron chi connectivity index (χ1n) is 9.31. The number of nitrogens with zero attached hydrogens (tertiary/aromatic N) is 1. The molecule has 6 heteroatoms. The maximum atomic E-state index is 13.1. The zero-order chi connectivity index (χ0) is 19.8. The maximum absolute atomic E-state index is 13.1. The number of ether oxygens (including phenoxy) is 1. The summed E-state index contributed by atoms with van der Waals surface area (Å²) in [6.07, 6.45) is 1.57. The van der Waals surface area contributed by atoms with Crippen LogP contribution in [-0.4, -0.2) is 22.7 Å². The van der Waals surface area contributed by atoms with Gasteiger partial charge in [0.25, 0.3) is 11.5 Å². The number of hydrogen-bond donors (Lipinski definition) is 2. The van der Waals surface area contributed by atoms with Crippen molar-refractivity contribution in [3.63, 3.8) is 0 Å². The Balaban J connectivity index is 1.85. The van der Waals surface area contributed by atoms with Crippen LogP contribution in [0.1, 0.15) is 40.9 Å². The Bertz CT molecular complexity index is 1120. The highest BCUT2D eigenvalue weighted by atomic mass is 16.5. The molecule has 1 aliphatic rings. The molecule has 6 nitrogen and oxygen atoms in total. The van der Waals surface area contributed by atoms with E-state index in [1.165, 1.54) is 0 Å². The van der Waals surface area contributed by atoms with Crippen molar-refractivity contribution in [2.24, 2.45) is 0 Å². The normalized spacial score (nSPS) is 15.4. The number of aromatic hydroxyl groups is 1. The standard InChI is InChI=1S/C22H22N2O4/c1-13-8-9-15-10-16(28-2)11-17-19(15)24(13)22(27)18(20(17)25)21(26)23-12-14-6-4-3-5-7-14/h3-7,10-11,13,25H,8-9,12H2,1-2H3,(H,23,26). The second kappa shape index (κ2) is 7.03. The van der Waals surface area contributed by atoms with Crippen LogP contribution in [0.25, 0.3) is 10.9 Å². The van der Waals surface area contributed by atoms with Gasteiger partial charge < -0.3 is 19.7 Å². The first-order chi connectivity index (χ1) is 13.5. The molecule has 0 radical (unpaired) electrons. The van der Waals surface area contributed by atoms with Crippen LogP contribution >= 0.6 is 0 Å². The molecule has 1 aromatic heterocycles. The van der Waals surface area contributed by atoms with Gasteiger partial charge in [-0.3, -0.25) is 9.59 Å². The highest BCUT2D eigenvalue weighted by molar-refractivity contribution is 6.03. The number of carbonyl (C=O) groups is 1. The zero-order valence-electron chi connectivity index (χ0n) is 15.9. The number of rotatable bonds is 4. The molecule has 1 aliphatic heterocycles. The molecule has 2 heterocycles. The van der Waals surface area contributed by atoms with Crippen LogP contribution < -0.4 is 15.6 Å². The minimum atomic E-state index is -0.584. The molecule has 1 amide bonds. The first kappa shape index (κ1) is 18.1.